The zero-order valence-corrected chi connectivity index (χ0v) is 24.5. The zero-order valence-electron chi connectivity index (χ0n) is 22.2. The van der Waals surface area contributed by atoms with Gasteiger partial charge in [-0.25, -0.2) is 4.31 Å². The van der Waals surface area contributed by atoms with Crippen LogP contribution in [0.5, 0.6) is 0 Å². The van der Waals surface area contributed by atoms with Gasteiger partial charge < -0.3 is 10.2 Å². The third-order valence-electron chi connectivity index (χ3n) is 5.98. The molecule has 0 spiro atoms. The van der Waals surface area contributed by atoms with Crippen LogP contribution < -0.4 is 9.62 Å². The summed E-state index contributed by atoms with van der Waals surface area (Å²) >= 11 is 12.8. The second-order valence-corrected chi connectivity index (χ2v) is 11.9. The highest BCUT2D eigenvalue weighted by molar-refractivity contribution is 7.90. The molecule has 0 aliphatic heterocycles. The lowest BCUT2D eigenvalue weighted by molar-refractivity contribution is -0.140. The van der Waals surface area contributed by atoms with Gasteiger partial charge in [0.2, 0.25) is 11.8 Å². The van der Waals surface area contributed by atoms with Crippen LogP contribution in [0.25, 0.3) is 0 Å². The summed E-state index contributed by atoms with van der Waals surface area (Å²) < 4.78 is 28.9. The molecule has 1 N–H and O–H groups in total. The molecule has 0 radical (unpaired) electrons. The molecule has 0 bridgehead atoms. The topological polar surface area (TPSA) is 90.0 Å². The summed E-state index contributed by atoms with van der Waals surface area (Å²) in [6, 6.07) is 9.56. The van der Waals surface area contributed by atoms with Crippen LogP contribution in [0.1, 0.15) is 43.4 Å². The Morgan fingerprint density at radius 1 is 1.03 bits per heavy atom. The first kappa shape index (κ1) is 30.9. The van der Waals surface area contributed by atoms with Crippen LogP contribution in [-0.2, 0) is 26.3 Å². The van der Waals surface area contributed by atoms with E-state index >= 15 is 0 Å². The molecule has 2 aromatic rings. The number of carbonyl (C=O) groups is 2. The Labute approximate surface area is 230 Å². The number of anilines is 1. The summed E-state index contributed by atoms with van der Waals surface area (Å²) in [6.45, 7) is 7.25. The molecule has 204 valence electrons. The van der Waals surface area contributed by atoms with Crippen LogP contribution in [0, 0.1) is 13.8 Å². The van der Waals surface area contributed by atoms with Crippen molar-refractivity contribution in [3.63, 3.8) is 0 Å². The minimum Gasteiger partial charge on any atom is -0.354 e. The molecule has 0 saturated heterocycles. The summed E-state index contributed by atoms with van der Waals surface area (Å²) in [4.78, 5) is 28.4. The van der Waals surface area contributed by atoms with Crippen molar-refractivity contribution in [2.24, 2.45) is 0 Å². The fourth-order valence-corrected chi connectivity index (χ4v) is 5.46. The molecule has 2 aromatic carbocycles. The fourth-order valence-electron chi connectivity index (χ4n) is 3.83. The summed E-state index contributed by atoms with van der Waals surface area (Å²) in [5.41, 5.74) is 2.41. The Kier molecular flexibility index (Phi) is 11.2. The van der Waals surface area contributed by atoms with E-state index in [0.29, 0.717) is 39.8 Å². The van der Waals surface area contributed by atoms with Crippen molar-refractivity contribution in [1.29, 1.82) is 0 Å². The summed E-state index contributed by atoms with van der Waals surface area (Å²) in [5, 5.41) is 3.54. The van der Waals surface area contributed by atoms with Crippen molar-refractivity contribution in [2.75, 3.05) is 31.5 Å². The molecule has 2 amide bonds. The fraction of sp³-hybridized carbons (Fsp3) is 0.462. The number of amides is 2. The Balaban J connectivity index is 2.60. The lowest BCUT2D eigenvalue weighted by atomic mass is 10.1. The average Bonchev–Trinajstić information content (AvgIpc) is 2.84. The number of hydrogen-bond acceptors (Lipinski definition) is 4. The number of rotatable bonds is 12. The molecule has 11 heteroatoms. The van der Waals surface area contributed by atoms with Crippen molar-refractivity contribution >= 4 is 50.9 Å². The van der Waals surface area contributed by atoms with Gasteiger partial charge in [-0.2, -0.15) is 12.7 Å². The summed E-state index contributed by atoms with van der Waals surface area (Å²) in [6.07, 6.45) is 1.04. The van der Waals surface area contributed by atoms with Crippen molar-refractivity contribution in [2.45, 2.75) is 53.1 Å². The molecule has 2 rings (SSSR count). The lowest BCUT2D eigenvalue weighted by Gasteiger charge is -2.34. The Morgan fingerprint density at radius 3 is 2.19 bits per heavy atom. The molecule has 8 nitrogen and oxygen atoms in total. The van der Waals surface area contributed by atoms with Crippen molar-refractivity contribution < 1.29 is 18.0 Å². The van der Waals surface area contributed by atoms with E-state index in [9.17, 15) is 18.0 Å². The maximum Gasteiger partial charge on any atom is 0.304 e. The number of halogens is 2. The molecule has 0 saturated carbocycles. The zero-order chi connectivity index (χ0) is 27.9. The Hall–Kier alpha value is -2.33. The summed E-state index contributed by atoms with van der Waals surface area (Å²) in [7, 11) is -1.23. The van der Waals surface area contributed by atoms with Gasteiger partial charge in [0.1, 0.15) is 12.6 Å². The number of hydrogen-bond donors (Lipinski definition) is 1. The van der Waals surface area contributed by atoms with Gasteiger partial charge in [-0.05, 0) is 56.0 Å². The van der Waals surface area contributed by atoms with Crippen LogP contribution in [-0.4, -0.2) is 62.7 Å². The third-order valence-corrected chi connectivity index (χ3v) is 8.49. The van der Waals surface area contributed by atoms with Crippen LogP contribution in [0.2, 0.25) is 10.0 Å². The van der Waals surface area contributed by atoms with E-state index in [0.717, 1.165) is 20.6 Å². The molecular formula is C26H36Cl2N4O4S. The van der Waals surface area contributed by atoms with Gasteiger partial charge in [-0.15, -0.1) is 0 Å². The van der Waals surface area contributed by atoms with Crippen molar-refractivity contribution in [3.8, 4) is 0 Å². The molecule has 0 aliphatic carbocycles. The highest BCUT2D eigenvalue weighted by Crippen LogP contribution is 2.29. The first-order chi connectivity index (χ1) is 17.3. The van der Waals surface area contributed by atoms with Gasteiger partial charge in [0.05, 0.1) is 5.69 Å². The van der Waals surface area contributed by atoms with Gasteiger partial charge in [0.15, 0.2) is 0 Å². The normalized spacial score (nSPS) is 12.4. The van der Waals surface area contributed by atoms with Gasteiger partial charge >= 0.3 is 10.2 Å². The number of carbonyl (C=O) groups excluding carboxylic acids is 2. The highest BCUT2D eigenvalue weighted by Gasteiger charge is 2.34. The minimum atomic E-state index is -4.05. The monoisotopic (exact) mass is 570 g/mol. The average molecular weight is 572 g/mol. The van der Waals surface area contributed by atoms with Gasteiger partial charge in [0, 0.05) is 42.8 Å². The number of nitrogens with one attached hydrogen (secondary N) is 1. The largest absolute Gasteiger partial charge is 0.354 e. The number of benzene rings is 2. The maximum absolute atomic E-state index is 13.9. The van der Waals surface area contributed by atoms with E-state index in [2.05, 4.69) is 5.32 Å². The molecule has 0 aromatic heterocycles. The number of nitrogens with zero attached hydrogens (tertiary/aromatic N) is 3. The second kappa shape index (κ2) is 13.5. The SMILES string of the molecule is CCCNC(=O)[C@H](CC)N(Cc1c(Cl)cccc1Cl)C(=O)CN(c1cc(C)ccc1C)S(=O)(=O)N(C)C. The van der Waals surface area contributed by atoms with Crippen LogP contribution >= 0.6 is 23.2 Å². The standard InChI is InChI=1S/C26H36Cl2N4O4S/c1-7-14-29-26(34)23(8-2)31(16-20-21(27)10-9-11-22(20)28)25(33)17-32(37(35,36)30(5)6)24-15-18(3)12-13-19(24)4/h9-13,15,23H,7-8,14,16-17H2,1-6H3,(H,29,34)/t23-/m0/s1. The number of aryl methyl sites for hydroxylation is 2. The second-order valence-electron chi connectivity index (χ2n) is 9.02. The van der Waals surface area contributed by atoms with E-state index < -0.39 is 28.7 Å². The molecule has 0 fully saturated rings. The van der Waals surface area contributed by atoms with Crippen molar-refractivity contribution in [1.82, 2.24) is 14.5 Å². The van der Waals surface area contributed by atoms with Gasteiger partial charge in [-0.1, -0.05) is 55.2 Å². The predicted molar refractivity (Wildman–Crippen MR) is 150 cm³/mol. The smallest absolute Gasteiger partial charge is 0.304 e. The molecule has 1 atom stereocenters. The van der Waals surface area contributed by atoms with E-state index in [-0.39, 0.29) is 12.5 Å². The van der Waals surface area contributed by atoms with E-state index in [1.807, 2.05) is 26.0 Å². The molecule has 0 aliphatic rings. The van der Waals surface area contributed by atoms with Crippen LogP contribution in [0.3, 0.4) is 0 Å². The van der Waals surface area contributed by atoms with Gasteiger partial charge in [-0.3, -0.25) is 9.59 Å². The van der Waals surface area contributed by atoms with E-state index in [4.69, 9.17) is 23.2 Å². The van der Waals surface area contributed by atoms with Crippen LogP contribution in [0.15, 0.2) is 36.4 Å². The van der Waals surface area contributed by atoms with Crippen molar-refractivity contribution in [3.05, 3.63) is 63.1 Å². The van der Waals surface area contributed by atoms with Crippen LogP contribution in [0.4, 0.5) is 5.69 Å². The molecular weight excluding hydrogens is 535 g/mol. The predicted octanol–water partition coefficient (Wildman–Crippen LogP) is 4.56. The molecule has 0 unspecified atom stereocenters. The first-order valence-electron chi connectivity index (χ1n) is 12.1. The quantitative estimate of drug-likeness (QED) is 0.405. The van der Waals surface area contributed by atoms with E-state index in [1.165, 1.54) is 19.0 Å². The van der Waals surface area contributed by atoms with E-state index in [1.54, 1.807) is 38.1 Å². The molecule has 37 heavy (non-hydrogen) atoms. The Morgan fingerprint density at radius 2 is 1.65 bits per heavy atom. The lowest BCUT2D eigenvalue weighted by Crippen LogP contribution is -2.53. The maximum atomic E-state index is 13.9. The molecule has 0 heterocycles. The summed E-state index contributed by atoms with van der Waals surface area (Å²) in [5.74, 6) is -0.879. The third kappa shape index (κ3) is 7.60. The Bertz CT molecular complexity index is 1200. The van der Waals surface area contributed by atoms with Gasteiger partial charge in [0.25, 0.3) is 0 Å². The highest BCUT2D eigenvalue weighted by atomic mass is 35.5. The minimum absolute atomic E-state index is 0.0575. The first-order valence-corrected chi connectivity index (χ1v) is 14.3.